The maximum absolute atomic E-state index is 12.4. The highest BCUT2D eigenvalue weighted by atomic mass is 32.2. The molecule has 0 atom stereocenters. The van der Waals surface area contributed by atoms with Crippen LogP contribution < -0.4 is 5.73 Å². The van der Waals surface area contributed by atoms with Gasteiger partial charge in [-0.15, -0.1) is 0 Å². The molecule has 2 heterocycles. The van der Waals surface area contributed by atoms with Crippen LogP contribution in [0.5, 0.6) is 0 Å². The van der Waals surface area contributed by atoms with E-state index >= 15 is 0 Å². The summed E-state index contributed by atoms with van der Waals surface area (Å²) in [6, 6.07) is 4.56. The number of hydrogen-bond donors (Lipinski definition) is 1. The predicted molar refractivity (Wildman–Crippen MR) is 69.6 cm³/mol. The van der Waals surface area contributed by atoms with Crippen LogP contribution in [0.4, 0.5) is 0 Å². The second kappa shape index (κ2) is 5.56. The number of carbonyl (C=O) groups is 1. The standard InChI is InChI=1S/C12H14N4O3S/c13-7-10-1-2-11(8-15-10)20(18,19)16-5-3-9(4-6-16)12(14)17/h1-2,8-9H,3-6H2,(H2,14,17). The van der Waals surface area contributed by atoms with Crippen LogP contribution in [0, 0.1) is 17.2 Å². The highest BCUT2D eigenvalue weighted by Gasteiger charge is 2.31. The van der Waals surface area contributed by atoms with Gasteiger partial charge in [-0.1, -0.05) is 0 Å². The van der Waals surface area contributed by atoms with Gasteiger partial charge in [-0.05, 0) is 25.0 Å². The van der Waals surface area contributed by atoms with E-state index in [1.807, 2.05) is 6.07 Å². The summed E-state index contributed by atoms with van der Waals surface area (Å²) in [7, 11) is -3.63. The van der Waals surface area contributed by atoms with Crippen molar-refractivity contribution in [2.24, 2.45) is 11.7 Å². The van der Waals surface area contributed by atoms with E-state index in [1.165, 1.54) is 22.6 Å². The number of pyridine rings is 1. The number of carbonyl (C=O) groups excluding carboxylic acids is 1. The number of nitrogens with two attached hydrogens (primary N) is 1. The fourth-order valence-electron chi connectivity index (χ4n) is 2.13. The third-order valence-corrected chi connectivity index (χ3v) is 5.23. The minimum atomic E-state index is -3.63. The Morgan fingerprint density at radius 2 is 2.05 bits per heavy atom. The molecule has 2 rings (SSSR count). The van der Waals surface area contributed by atoms with Crippen LogP contribution >= 0.6 is 0 Å². The second-order valence-corrected chi connectivity index (χ2v) is 6.51. The van der Waals surface area contributed by atoms with Crippen LogP contribution in [0.2, 0.25) is 0 Å². The summed E-state index contributed by atoms with van der Waals surface area (Å²) < 4.78 is 26.0. The second-order valence-electron chi connectivity index (χ2n) is 4.57. The summed E-state index contributed by atoms with van der Waals surface area (Å²) >= 11 is 0. The number of piperidine rings is 1. The van der Waals surface area contributed by atoms with Gasteiger partial charge in [0, 0.05) is 25.2 Å². The highest BCUT2D eigenvalue weighted by molar-refractivity contribution is 7.89. The molecule has 7 nitrogen and oxygen atoms in total. The van der Waals surface area contributed by atoms with E-state index in [-0.39, 0.29) is 35.5 Å². The van der Waals surface area contributed by atoms with E-state index in [0.717, 1.165) is 0 Å². The van der Waals surface area contributed by atoms with Gasteiger partial charge < -0.3 is 5.73 Å². The smallest absolute Gasteiger partial charge is 0.244 e. The Morgan fingerprint density at radius 1 is 1.40 bits per heavy atom. The van der Waals surface area contributed by atoms with Crippen molar-refractivity contribution in [3.63, 3.8) is 0 Å². The van der Waals surface area contributed by atoms with Gasteiger partial charge in [0.25, 0.3) is 0 Å². The number of sulfonamides is 1. The van der Waals surface area contributed by atoms with Crippen molar-refractivity contribution in [1.82, 2.24) is 9.29 Å². The quantitative estimate of drug-likeness (QED) is 0.831. The lowest BCUT2D eigenvalue weighted by atomic mass is 9.98. The molecule has 0 aliphatic carbocycles. The van der Waals surface area contributed by atoms with Gasteiger partial charge in [0.15, 0.2) is 0 Å². The molecule has 1 fully saturated rings. The first-order chi connectivity index (χ1) is 9.45. The fraction of sp³-hybridized carbons (Fsp3) is 0.417. The number of rotatable bonds is 3. The lowest BCUT2D eigenvalue weighted by molar-refractivity contribution is -0.122. The Bertz CT molecular complexity index is 640. The monoisotopic (exact) mass is 294 g/mol. The van der Waals surface area contributed by atoms with Gasteiger partial charge in [-0.2, -0.15) is 9.57 Å². The van der Waals surface area contributed by atoms with Gasteiger partial charge in [-0.3, -0.25) is 4.79 Å². The Labute approximate surface area is 117 Å². The zero-order valence-electron chi connectivity index (χ0n) is 10.7. The molecule has 20 heavy (non-hydrogen) atoms. The molecule has 0 aromatic carbocycles. The Hall–Kier alpha value is -1.98. The van der Waals surface area contributed by atoms with Crippen molar-refractivity contribution in [2.45, 2.75) is 17.7 Å². The number of amides is 1. The topological polar surface area (TPSA) is 117 Å². The summed E-state index contributed by atoms with van der Waals surface area (Å²) in [4.78, 5) is 14.9. The molecule has 0 spiro atoms. The Balaban J connectivity index is 2.15. The van der Waals surface area contributed by atoms with Crippen molar-refractivity contribution in [2.75, 3.05) is 13.1 Å². The van der Waals surface area contributed by atoms with Crippen LogP contribution in [0.3, 0.4) is 0 Å². The summed E-state index contributed by atoms with van der Waals surface area (Å²) in [6.45, 7) is 0.520. The largest absolute Gasteiger partial charge is 0.369 e. The lowest BCUT2D eigenvalue weighted by Crippen LogP contribution is -2.41. The van der Waals surface area contributed by atoms with E-state index in [1.54, 1.807) is 0 Å². The van der Waals surface area contributed by atoms with Crippen LogP contribution in [0.1, 0.15) is 18.5 Å². The first-order valence-corrected chi connectivity index (χ1v) is 7.55. The summed E-state index contributed by atoms with van der Waals surface area (Å²) in [5.41, 5.74) is 5.38. The van der Waals surface area contributed by atoms with Crippen molar-refractivity contribution < 1.29 is 13.2 Å². The SMILES string of the molecule is N#Cc1ccc(S(=O)(=O)N2CCC(C(N)=O)CC2)cn1. The summed E-state index contributed by atoms with van der Waals surface area (Å²) in [6.07, 6.45) is 2.03. The summed E-state index contributed by atoms with van der Waals surface area (Å²) in [5.74, 6) is -0.650. The molecule has 1 saturated heterocycles. The van der Waals surface area contributed by atoms with E-state index in [4.69, 9.17) is 11.0 Å². The number of nitrogens with zero attached hydrogens (tertiary/aromatic N) is 3. The van der Waals surface area contributed by atoms with Crippen molar-refractivity contribution >= 4 is 15.9 Å². The van der Waals surface area contributed by atoms with Crippen LogP contribution in [0.25, 0.3) is 0 Å². The molecule has 1 aromatic rings. The normalized spacial score (nSPS) is 17.6. The van der Waals surface area contributed by atoms with Crippen LogP contribution in [-0.4, -0.2) is 36.7 Å². The molecule has 0 unspecified atom stereocenters. The molecular formula is C12H14N4O3S. The first-order valence-electron chi connectivity index (χ1n) is 6.11. The van der Waals surface area contributed by atoms with E-state index in [0.29, 0.717) is 12.8 Å². The third kappa shape index (κ3) is 2.79. The molecule has 1 aliphatic heterocycles. The predicted octanol–water partition coefficient (Wildman–Crippen LogP) is -0.161. The summed E-state index contributed by atoms with van der Waals surface area (Å²) in [5, 5.41) is 8.65. The molecule has 106 valence electrons. The first kappa shape index (κ1) is 14.4. The van der Waals surface area contributed by atoms with Gasteiger partial charge in [0.05, 0.1) is 0 Å². The molecule has 1 aromatic heterocycles. The van der Waals surface area contributed by atoms with Crippen LogP contribution in [-0.2, 0) is 14.8 Å². The van der Waals surface area contributed by atoms with Gasteiger partial charge in [-0.25, -0.2) is 13.4 Å². The number of aromatic nitrogens is 1. The van der Waals surface area contributed by atoms with E-state index in [2.05, 4.69) is 4.98 Å². The highest BCUT2D eigenvalue weighted by Crippen LogP contribution is 2.23. The molecule has 1 amide bonds. The average molecular weight is 294 g/mol. The average Bonchev–Trinajstić information content (AvgIpc) is 2.47. The molecule has 2 N–H and O–H groups in total. The molecule has 1 aliphatic rings. The maximum atomic E-state index is 12.4. The van der Waals surface area contributed by atoms with Gasteiger partial charge in [0.2, 0.25) is 15.9 Å². The molecule has 8 heteroatoms. The van der Waals surface area contributed by atoms with Gasteiger partial charge >= 0.3 is 0 Å². The molecule has 0 bridgehead atoms. The number of hydrogen-bond acceptors (Lipinski definition) is 5. The molecule has 0 saturated carbocycles. The number of nitriles is 1. The third-order valence-electron chi connectivity index (χ3n) is 3.34. The molecule has 0 radical (unpaired) electrons. The zero-order valence-corrected chi connectivity index (χ0v) is 11.5. The maximum Gasteiger partial charge on any atom is 0.244 e. The van der Waals surface area contributed by atoms with Crippen molar-refractivity contribution in [3.8, 4) is 6.07 Å². The number of primary amides is 1. The van der Waals surface area contributed by atoms with E-state index < -0.39 is 10.0 Å². The van der Waals surface area contributed by atoms with Crippen LogP contribution in [0.15, 0.2) is 23.2 Å². The van der Waals surface area contributed by atoms with E-state index in [9.17, 15) is 13.2 Å². The lowest BCUT2D eigenvalue weighted by Gasteiger charge is -2.29. The van der Waals surface area contributed by atoms with Crippen molar-refractivity contribution in [1.29, 1.82) is 5.26 Å². The molecular weight excluding hydrogens is 280 g/mol. The zero-order chi connectivity index (χ0) is 14.8. The van der Waals surface area contributed by atoms with Crippen molar-refractivity contribution in [3.05, 3.63) is 24.0 Å². The minimum absolute atomic E-state index is 0.0500. The minimum Gasteiger partial charge on any atom is -0.369 e. The Kier molecular flexibility index (Phi) is 4.01. The Morgan fingerprint density at radius 3 is 2.50 bits per heavy atom. The van der Waals surface area contributed by atoms with Gasteiger partial charge in [0.1, 0.15) is 16.7 Å². The fourth-order valence-corrected chi connectivity index (χ4v) is 3.54.